The van der Waals surface area contributed by atoms with Crippen molar-refractivity contribution in [3.05, 3.63) is 89.6 Å². The van der Waals surface area contributed by atoms with E-state index in [0.29, 0.717) is 37.0 Å². The largest absolute Gasteiger partial charge is 0.471 e. The number of carbonyl (C=O) groups is 1. The molecule has 3 N–H and O–H groups in total. The fourth-order valence-corrected chi connectivity index (χ4v) is 5.79. The van der Waals surface area contributed by atoms with Crippen molar-refractivity contribution in [1.29, 1.82) is 0 Å². The normalized spacial score (nSPS) is 16.6. The number of aromatic nitrogens is 3. The topological polar surface area (TPSA) is 106 Å². The lowest BCUT2D eigenvalue weighted by atomic mass is 9.94. The third-order valence-electron chi connectivity index (χ3n) is 8.03. The monoisotopic (exact) mass is 633 g/mol. The summed E-state index contributed by atoms with van der Waals surface area (Å²) in [5, 5.41) is 14.9. The van der Waals surface area contributed by atoms with Crippen LogP contribution >= 0.6 is 0 Å². The van der Waals surface area contributed by atoms with Gasteiger partial charge in [-0.2, -0.15) is 5.10 Å². The Morgan fingerprint density at radius 3 is 2.52 bits per heavy atom. The Balaban J connectivity index is 1.42. The molecule has 2 aromatic carbocycles. The molecule has 46 heavy (non-hydrogen) atoms. The van der Waals surface area contributed by atoms with Crippen molar-refractivity contribution in [2.24, 2.45) is 0 Å². The van der Waals surface area contributed by atoms with Gasteiger partial charge in [0.2, 0.25) is 5.88 Å². The van der Waals surface area contributed by atoms with E-state index >= 15 is 0 Å². The van der Waals surface area contributed by atoms with E-state index in [1.54, 1.807) is 20.1 Å². The Kier molecular flexibility index (Phi) is 11.3. The minimum atomic E-state index is -2.70. The Bertz CT molecular complexity index is 1570. The maximum Gasteiger partial charge on any atom is 0.272 e. The number of alkyl halides is 2. The molecule has 5 rings (SSSR count). The number of nitrogens with zero attached hydrogens (tertiary/aromatic N) is 4. The number of nitrogens with one attached hydrogen (secondary N) is 3. The molecule has 10 nitrogen and oxygen atoms in total. The first-order valence-electron chi connectivity index (χ1n) is 15.5. The van der Waals surface area contributed by atoms with Gasteiger partial charge < -0.3 is 20.1 Å². The van der Waals surface area contributed by atoms with E-state index in [4.69, 9.17) is 14.6 Å². The molecule has 1 fully saturated rings. The summed E-state index contributed by atoms with van der Waals surface area (Å²) in [7, 11) is 1.73. The quantitative estimate of drug-likeness (QED) is 0.162. The van der Waals surface area contributed by atoms with Gasteiger partial charge in [-0.05, 0) is 37.6 Å². The minimum Gasteiger partial charge on any atom is -0.471 e. The molecule has 4 aromatic rings. The summed E-state index contributed by atoms with van der Waals surface area (Å²) in [6, 6.07) is 22.1. The predicted octanol–water partition coefficient (Wildman–Crippen LogP) is 4.71. The predicted molar refractivity (Wildman–Crippen MR) is 174 cm³/mol. The van der Waals surface area contributed by atoms with E-state index < -0.39 is 18.9 Å². The molecule has 12 heteroatoms. The fraction of sp³-hybridized carbons (Fsp3) is 0.382. The maximum atomic E-state index is 12.9. The highest BCUT2D eigenvalue weighted by atomic mass is 19.3. The van der Waals surface area contributed by atoms with E-state index in [0.717, 1.165) is 36.7 Å². The van der Waals surface area contributed by atoms with Crippen LogP contribution in [0.25, 0.3) is 16.9 Å². The third kappa shape index (κ3) is 7.87. The van der Waals surface area contributed by atoms with Gasteiger partial charge in [0, 0.05) is 62.6 Å². The summed E-state index contributed by atoms with van der Waals surface area (Å²) in [6.07, 6.45) is -1.20. The van der Waals surface area contributed by atoms with Crippen LogP contribution in [-0.2, 0) is 4.74 Å². The Morgan fingerprint density at radius 1 is 1.09 bits per heavy atom. The zero-order valence-corrected chi connectivity index (χ0v) is 26.4. The van der Waals surface area contributed by atoms with Gasteiger partial charge >= 0.3 is 0 Å². The van der Waals surface area contributed by atoms with Crippen LogP contribution in [0.5, 0.6) is 5.88 Å². The molecule has 0 spiro atoms. The lowest BCUT2D eigenvalue weighted by molar-refractivity contribution is 0.0773. The Morgan fingerprint density at radius 2 is 1.83 bits per heavy atom. The summed E-state index contributed by atoms with van der Waals surface area (Å²) in [6.45, 7) is 7.08. The molecule has 0 bridgehead atoms. The molecule has 2 aromatic heterocycles. The third-order valence-corrected chi connectivity index (χ3v) is 8.03. The molecular formula is C34H41F2N7O3. The number of benzene rings is 2. The standard InChI is InChI=1S/C34H41F2N7O3/c1-4-37-33(44)27-17-25(18-38-34(27)46-21-30(35)36)31-23(2)32(43(41-31)26-13-9-6-10-14-26)40-22-39-29-20-42(15-16-45-3)19-28(29)24-11-7-5-8-12-24/h5-14,17-18,28-30,39-40H,4,15-16,19-22H2,1-3H3,(H,37,44)/t28-,29+/m0/s1. The van der Waals surface area contributed by atoms with Crippen LogP contribution < -0.4 is 20.7 Å². The van der Waals surface area contributed by atoms with Gasteiger partial charge in [-0.15, -0.1) is 0 Å². The van der Waals surface area contributed by atoms with Crippen LogP contribution in [0.1, 0.15) is 34.3 Å². The number of ether oxygens (including phenoxy) is 2. The van der Waals surface area contributed by atoms with Crippen LogP contribution in [0.4, 0.5) is 14.6 Å². The molecule has 0 radical (unpaired) electrons. The SMILES string of the molecule is CCNC(=O)c1cc(-c2nn(-c3ccccc3)c(NCN[C@@H]3CN(CCOC)C[C@H]3c3ccccc3)c2C)cnc1OCC(F)F. The van der Waals surface area contributed by atoms with Crippen molar-refractivity contribution >= 4 is 11.7 Å². The van der Waals surface area contributed by atoms with Gasteiger partial charge in [0.15, 0.2) is 6.61 Å². The van der Waals surface area contributed by atoms with Crippen molar-refractivity contribution in [3.8, 4) is 22.8 Å². The van der Waals surface area contributed by atoms with Crippen molar-refractivity contribution in [2.45, 2.75) is 32.2 Å². The number of anilines is 1. The van der Waals surface area contributed by atoms with Gasteiger partial charge in [-0.1, -0.05) is 48.5 Å². The van der Waals surface area contributed by atoms with Crippen LogP contribution in [0.3, 0.4) is 0 Å². The number of likely N-dealkylation sites (tertiary alicyclic amines) is 1. The van der Waals surface area contributed by atoms with Crippen molar-refractivity contribution in [2.75, 3.05) is 58.5 Å². The highest BCUT2D eigenvalue weighted by Crippen LogP contribution is 2.33. The Labute approximate surface area is 268 Å². The second-order valence-corrected chi connectivity index (χ2v) is 11.1. The molecule has 1 saturated heterocycles. The summed E-state index contributed by atoms with van der Waals surface area (Å²) >= 11 is 0. The number of hydrogen-bond acceptors (Lipinski definition) is 8. The molecule has 244 valence electrons. The number of rotatable bonds is 15. The lowest BCUT2D eigenvalue weighted by Gasteiger charge is -2.21. The van der Waals surface area contributed by atoms with E-state index in [-0.39, 0.29) is 17.5 Å². The average molecular weight is 634 g/mol. The van der Waals surface area contributed by atoms with E-state index in [2.05, 4.69) is 50.1 Å². The fourth-order valence-electron chi connectivity index (χ4n) is 5.79. The van der Waals surface area contributed by atoms with Gasteiger partial charge in [-0.25, -0.2) is 18.4 Å². The molecule has 0 saturated carbocycles. The number of amides is 1. The minimum absolute atomic E-state index is 0.0658. The number of methoxy groups -OCH3 is 1. The Hall–Kier alpha value is -4.39. The number of pyridine rings is 1. The summed E-state index contributed by atoms with van der Waals surface area (Å²) < 4.78 is 38.1. The molecule has 1 amide bonds. The first-order chi connectivity index (χ1) is 22.4. The van der Waals surface area contributed by atoms with Crippen molar-refractivity contribution < 1.29 is 23.0 Å². The van der Waals surface area contributed by atoms with Gasteiger partial charge in [-0.3, -0.25) is 15.0 Å². The zero-order chi connectivity index (χ0) is 32.5. The van der Waals surface area contributed by atoms with Crippen LogP contribution in [0.15, 0.2) is 72.9 Å². The summed E-state index contributed by atoms with van der Waals surface area (Å²) in [5.41, 5.74) is 4.20. The zero-order valence-electron chi connectivity index (χ0n) is 26.4. The first kappa shape index (κ1) is 33.0. The van der Waals surface area contributed by atoms with Crippen LogP contribution in [0.2, 0.25) is 0 Å². The van der Waals surface area contributed by atoms with Gasteiger partial charge in [0.25, 0.3) is 12.3 Å². The summed E-state index contributed by atoms with van der Waals surface area (Å²) in [5.74, 6) is 0.478. The van der Waals surface area contributed by atoms with E-state index in [9.17, 15) is 13.6 Å². The number of hydrogen-bond donors (Lipinski definition) is 3. The van der Waals surface area contributed by atoms with E-state index in [1.807, 2.05) is 48.0 Å². The van der Waals surface area contributed by atoms with Crippen molar-refractivity contribution in [1.82, 2.24) is 30.3 Å². The van der Waals surface area contributed by atoms with E-state index in [1.165, 1.54) is 11.8 Å². The second kappa shape index (κ2) is 15.7. The molecule has 0 unspecified atom stereocenters. The molecule has 1 aliphatic heterocycles. The highest BCUT2D eigenvalue weighted by Gasteiger charge is 2.33. The highest BCUT2D eigenvalue weighted by molar-refractivity contribution is 5.97. The number of carbonyl (C=O) groups excluding carboxylic acids is 1. The van der Waals surface area contributed by atoms with Crippen molar-refractivity contribution in [3.63, 3.8) is 0 Å². The lowest BCUT2D eigenvalue weighted by Crippen LogP contribution is -2.39. The molecule has 1 aliphatic rings. The smallest absolute Gasteiger partial charge is 0.272 e. The summed E-state index contributed by atoms with van der Waals surface area (Å²) in [4.78, 5) is 19.5. The van der Waals surface area contributed by atoms with Gasteiger partial charge in [0.05, 0.1) is 24.7 Å². The molecule has 3 heterocycles. The molecule has 0 aliphatic carbocycles. The van der Waals surface area contributed by atoms with Crippen LogP contribution in [-0.4, -0.2) is 91.2 Å². The average Bonchev–Trinajstić information content (AvgIpc) is 3.64. The second-order valence-electron chi connectivity index (χ2n) is 11.1. The number of halogens is 2. The number of para-hydroxylation sites is 1. The maximum absolute atomic E-state index is 12.9. The molecular weight excluding hydrogens is 592 g/mol. The first-order valence-corrected chi connectivity index (χ1v) is 15.5. The van der Waals surface area contributed by atoms with Crippen LogP contribution in [0, 0.1) is 6.92 Å². The van der Waals surface area contributed by atoms with Gasteiger partial charge in [0.1, 0.15) is 11.4 Å². The molecule has 2 atom stereocenters.